The van der Waals surface area contributed by atoms with Gasteiger partial charge in [-0.3, -0.25) is 0 Å². The first-order valence-corrected chi connectivity index (χ1v) is 12.9. The van der Waals surface area contributed by atoms with Crippen molar-refractivity contribution in [2.45, 2.75) is 71.3 Å². The molecule has 0 radical (unpaired) electrons. The molecule has 0 unspecified atom stereocenters. The van der Waals surface area contributed by atoms with Gasteiger partial charge in [0.05, 0.1) is 0 Å². The van der Waals surface area contributed by atoms with Crippen LogP contribution < -0.4 is 26.2 Å². The molecule has 156 valence electrons. The standard InChI is InChI=1S/C23H33INO3/c1-21(2,3)20(26)28-15-27-17-9-8-16-12-19-22(4)10-6-7-11-23(22,18(16)13-17)14-24-25(19)5/h8-9,13,19H,6-7,10-12,14-15H2,1-5H3/q-1/t19-,22+,23+/m0/s1. The first-order chi connectivity index (χ1) is 13.2. The minimum atomic E-state index is -0.505. The normalized spacial score (nSPS) is 32.5. The fraction of sp³-hybridized carbons (Fsp3) is 0.696. The number of carbonyl (C=O) groups is 1. The molecule has 1 aromatic carbocycles. The molecule has 1 aromatic rings. The van der Waals surface area contributed by atoms with Crippen LogP contribution in [0.15, 0.2) is 18.2 Å². The summed E-state index contributed by atoms with van der Waals surface area (Å²) in [4.78, 5) is 12.0. The molecule has 2 bridgehead atoms. The van der Waals surface area contributed by atoms with Crippen molar-refractivity contribution in [3.05, 3.63) is 29.3 Å². The summed E-state index contributed by atoms with van der Waals surface area (Å²) < 4.78 is 15.2. The van der Waals surface area contributed by atoms with E-state index in [1.165, 1.54) is 41.2 Å². The molecular formula is C23H33INO3-. The molecule has 4 nitrogen and oxygen atoms in total. The van der Waals surface area contributed by atoms with Crippen molar-refractivity contribution in [3.8, 4) is 5.75 Å². The molecular weight excluding hydrogens is 465 g/mol. The maximum absolute atomic E-state index is 12.0. The number of hydrogen-bond donors (Lipinski definition) is 0. The third-order valence-corrected chi connectivity index (χ3v) is 10.7. The molecule has 0 N–H and O–H groups in total. The van der Waals surface area contributed by atoms with Crippen LogP contribution in [0.5, 0.6) is 5.75 Å². The molecule has 1 aliphatic heterocycles. The van der Waals surface area contributed by atoms with Crippen LogP contribution in [0.3, 0.4) is 0 Å². The second kappa shape index (κ2) is 7.15. The van der Waals surface area contributed by atoms with Gasteiger partial charge in [0.2, 0.25) is 0 Å². The van der Waals surface area contributed by atoms with Gasteiger partial charge in [-0.15, -0.1) is 0 Å². The summed E-state index contributed by atoms with van der Waals surface area (Å²) in [6, 6.07) is 7.27. The Morgan fingerprint density at radius 3 is 2.79 bits per heavy atom. The molecule has 2 aliphatic carbocycles. The third kappa shape index (κ3) is 3.17. The number of benzene rings is 1. The summed E-state index contributed by atoms with van der Waals surface area (Å²) in [7, 11) is 2.35. The first-order valence-electron chi connectivity index (χ1n) is 10.4. The summed E-state index contributed by atoms with van der Waals surface area (Å²) in [5.74, 6) is 0.602. The molecule has 0 spiro atoms. The van der Waals surface area contributed by atoms with Gasteiger partial charge in [-0.05, 0) is 0 Å². The van der Waals surface area contributed by atoms with Gasteiger partial charge in [-0.1, -0.05) is 0 Å². The van der Waals surface area contributed by atoms with Gasteiger partial charge < -0.3 is 0 Å². The van der Waals surface area contributed by atoms with Crippen LogP contribution >= 0.6 is 0 Å². The Bertz CT molecular complexity index is 774. The van der Waals surface area contributed by atoms with E-state index < -0.39 is 5.41 Å². The number of likely N-dealkylation sites (N-methyl/N-ethyl adjacent to an activating group) is 1. The van der Waals surface area contributed by atoms with Crippen molar-refractivity contribution in [1.82, 2.24) is 3.11 Å². The van der Waals surface area contributed by atoms with E-state index in [4.69, 9.17) is 9.47 Å². The Morgan fingerprint density at radius 1 is 1.29 bits per heavy atom. The predicted molar refractivity (Wildman–Crippen MR) is 106 cm³/mol. The molecule has 28 heavy (non-hydrogen) atoms. The molecule has 5 heteroatoms. The number of rotatable bonds is 3. The molecule has 4 rings (SSSR count). The van der Waals surface area contributed by atoms with Crippen molar-refractivity contribution in [3.63, 3.8) is 0 Å². The van der Waals surface area contributed by atoms with Crippen molar-refractivity contribution >= 4 is 5.97 Å². The predicted octanol–water partition coefficient (Wildman–Crippen LogP) is 1.30. The monoisotopic (exact) mass is 498 g/mol. The van der Waals surface area contributed by atoms with Crippen LogP contribution in [0.4, 0.5) is 0 Å². The third-order valence-electron chi connectivity index (χ3n) is 7.32. The van der Waals surface area contributed by atoms with Gasteiger partial charge in [0.15, 0.2) is 0 Å². The van der Waals surface area contributed by atoms with Crippen molar-refractivity contribution in [2.24, 2.45) is 10.8 Å². The minimum absolute atomic E-state index is 0.0164. The SMILES string of the molecule is CN1[I-]C[C@@]23CCCC[C@]2(C)[C@@H]1Cc1ccc(OCOC(=O)C(C)(C)C)cc13. The van der Waals surface area contributed by atoms with Crippen LogP contribution in [0.25, 0.3) is 0 Å². The molecule has 3 aliphatic rings. The van der Waals surface area contributed by atoms with E-state index in [0.717, 1.165) is 12.2 Å². The van der Waals surface area contributed by atoms with Gasteiger partial charge >= 0.3 is 180 Å². The van der Waals surface area contributed by atoms with Crippen LogP contribution in [0.1, 0.15) is 64.5 Å². The first kappa shape index (κ1) is 20.5. The van der Waals surface area contributed by atoms with Gasteiger partial charge in [0, 0.05) is 0 Å². The summed E-state index contributed by atoms with van der Waals surface area (Å²) >= 11 is 0.0821. The van der Waals surface area contributed by atoms with E-state index in [-0.39, 0.29) is 34.2 Å². The van der Waals surface area contributed by atoms with Gasteiger partial charge in [-0.2, -0.15) is 0 Å². The summed E-state index contributed by atoms with van der Waals surface area (Å²) in [6.45, 7) is 8.11. The molecule has 0 aromatic heterocycles. The van der Waals surface area contributed by atoms with Crippen molar-refractivity contribution < 1.29 is 35.7 Å². The molecule has 1 heterocycles. The summed E-state index contributed by atoms with van der Waals surface area (Å²) in [5, 5.41) is 0. The second-order valence-corrected chi connectivity index (χ2v) is 12.9. The number of esters is 1. The van der Waals surface area contributed by atoms with E-state index in [1.54, 1.807) is 0 Å². The van der Waals surface area contributed by atoms with Crippen molar-refractivity contribution in [1.29, 1.82) is 0 Å². The average Bonchev–Trinajstić information content (AvgIpc) is 2.64. The fourth-order valence-corrected chi connectivity index (χ4v) is 9.60. The Balaban J connectivity index is 1.60. The zero-order chi connectivity index (χ0) is 20.2. The number of halogens is 1. The molecule has 3 atom stereocenters. The van der Waals surface area contributed by atoms with Gasteiger partial charge in [-0.25, -0.2) is 0 Å². The van der Waals surface area contributed by atoms with Crippen LogP contribution in [-0.2, 0) is 21.4 Å². The van der Waals surface area contributed by atoms with E-state index in [9.17, 15) is 4.79 Å². The fourth-order valence-electron chi connectivity index (χ4n) is 5.53. The zero-order valence-corrected chi connectivity index (χ0v) is 20.0. The van der Waals surface area contributed by atoms with Crippen LogP contribution in [0.2, 0.25) is 0 Å². The van der Waals surface area contributed by atoms with E-state index in [0.29, 0.717) is 16.9 Å². The number of carbonyl (C=O) groups excluding carboxylic acids is 1. The van der Waals surface area contributed by atoms with Crippen molar-refractivity contribution in [2.75, 3.05) is 18.3 Å². The molecule has 2 fully saturated rings. The molecule has 0 amide bonds. The van der Waals surface area contributed by atoms with Gasteiger partial charge in [0.25, 0.3) is 0 Å². The summed E-state index contributed by atoms with van der Waals surface area (Å²) in [5.41, 5.74) is 3.19. The van der Waals surface area contributed by atoms with Crippen LogP contribution in [-0.4, -0.2) is 33.4 Å². The molecule has 1 saturated carbocycles. The summed E-state index contributed by atoms with van der Waals surface area (Å²) in [6.07, 6.45) is 6.49. The quantitative estimate of drug-likeness (QED) is 0.207. The number of fused-ring (bicyclic) bond motifs is 1. The Morgan fingerprint density at radius 2 is 2.04 bits per heavy atom. The van der Waals surface area contributed by atoms with E-state index in [1.807, 2.05) is 20.8 Å². The number of nitrogens with zero attached hydrogens (tertiary/aromatic N) is 1. The number of hydrogen-bond acceptors (Lipinski definition) is 4. The zero-order valence-electron chi connectivity index (χ0n) is 17.8. The average molecular weight is 498 g/mol. The van der Waals surface area contributed by atoms with Gasteiger partial charge in [0.1, 0.15) is 0 Å². The topological polar surface area (TPSA) is 38.8 Å². The number of alkyl halides is 1. The van der Waals surface area contributed by atoms with Crippen LogP contribution in [0, 0.1) is 10.8 Å². The maximum atomic E-state index is 12.0. The second-order valence-electron chi connectivity index (χ2n) is 9.97. The Labute approximate surface area is 180 Å². The van der Waals surface area contributed by atoms with E-state index >= 15 is 0 Å². The Hall–Kier alpha value is -0.820. The number of ether oxygens (including phenoxy) is 2. The Kier molecular flexibility index (Phi) is 5.22. The molecule has 1 saturated heterocycles. The van der Waals surface area contributed by atoms with E-state index in [2.05, 4.69) is 35.3 Å².